The Morgan fingerprint density at radius 2 is 1.96 bits per heavy atom. The van der Waals surface area contributed by atoms with E-state index in [0.29, 0.717) is 27.8 Å². The first-order valence-electron chi connectivity index (χ1n) is 7.30. The predicted octanol–water partition coefficient (Wildman–Crippen LogP) is 3.06. The van der Waals surface area contributed by atoms with E-state index in [0.717, 1.165) is 0 Å². The molecule has 0 atom stereocenters. The molecule has 25 heavy (non-hydrogen) atoms. The van der Waals surface area contributed by atoms with E-state index in [4.69, 9.17) is 25.3 Å². The molecule has 3 aromatic rings. The van der Waals surface area contributed by atoms with E-state index < -0.39 is 11.9 Å². The Bertz CT molecular complexity index is 856. The Morgan fingerprint density at radius 1 is 1.16 bits per heavy atom. The van der Waals surface area contributed by atoms with Crippen molar-refractivity contribution in [2.24, 2.45) is 0 Å². The number of halogens is 1. The maximum atomic E-state index is 11.9. The number of furan rings is 1. The van der Waals surface area contributed by atoms with Crippen molar-refractivity contribution in [2.45, 2.75) is 6.61 Å². The third-order valence-corrected chi connectivity index (χ3v) is 3.46. The van der Waals surface area contributed by atoms with Gasteiger partial charge in [-0.25, -0.2) is 0 Å². The Hall–Kier alpha value is -3.06. The predicted molar refractivity (Wildman–Crippen MR) is 87.8 cm³/mol. The van der Waals surface area contributed by atoms with Gasteiger partial charge in [0, 0.05) is 16.7 Å². The highest BCUT2D eigenvalue weighted by atomic mass is 35.5. The summed E-state index contributed by atoms with van der Waals surface area (Å²) in [4.78, 5) is 23.6. The SMILES string of the molecule is O=C(CNC(=O)c1ccc(Cl)cc1)OCc1cc(-c2ccco2)on1. The fourth-order valence-corrected chi connectivity index (χ4v) is 2.10. The van der Waals surface area contributed by atoms with Gasteiger partial charge in [-0.1, -0.05) is 16.8 Å². The van der Waals surface area contributed by atoms with Crippen LogP contribution < -0.4 is 5.32 Å². The molecule has 3 rings (SSSR count). The maximum Gasteiger partial charge on any atom is 0.325 e. The Labute approximate surface area is 147 Å². The summed E-state index contributed by atoms with van der Waals surface area (Å²) < 4.78 is 15.3. The van der Waals surface area contributed by atoms with E-state index in [1.807, 2.05) is 0 Å². The zero-order valence-corrected chi connectivity index (χ0v) is 13.7. The molecule has 0 spiro atoms. The Kier molecular flexibility index (Phi) is 5.15. The number of benzene rings is 1. The van der Waals surface area contributed by atoms with Crippen LogP contribution in [0.1, 0.15) is 16.1 Å². The Balaban J connectivity index is 1.45. The number of aromatic nitrogens is 1. The summed E-state index contributed by atoms with van der Waals surface area (Å²) in [7, 11) is 0. The first-order valence-corrected chi connectivity index (χ1v) is 7.68. The molecule has 1 N–H and O–H groups in total. The number of amides is 1. The molecule has 0 unspecified atom stereocenters. The van der Waals surface area contributed by atoms with Gasteiger partial charge in [-0.05, 0) is 36.4 Å². The largest absolute Gasteiger partial charge is 0.461 e. The molecule has 2 aromatic heterocycles. The second-order valence-electron chi connectivity index (χ2n) is 5.01. The highest BCUT2D eigenvalue weighted by Gasteiger charge is 2.12. The molecular formula is C17H13ClN2O5. The number of hydrogen-bond donors (Lipinski definition) is 1. The van der Waals surface area contributed by atoms with Crippen LogP contribution in [0.15, 0.2) is 57.7 Å². The number of esters is 1. The van der Waals surface area contributed by atoms with Crippen LogP contribution in [0.5, 0.6) is 0 Å². The van der Waals surface area contributed by atoms with Gasteiger partial charge >= 0.3 is 5.97 Å². The summed E-state index contributed by atoms with van der Waals surface area (Å²) in [6.07, 6.45) is 1.51. The lowest BCUT2D eigenvalue weighted by Gasteiger charge is -2.05. The van der Waals surface area contributed by atoms with Crippen LogP contribution in [0.4, 0.5) is 0 Å². The van der Waals surface area contributed by atoms with Gasteiger partial charge in [0.25, 0.3) is 5.91 Å². The van der Waals surface area contributed by atoms with Crippen molar-refractivity contribution in [3.8, 4) is 11.5 Å². The lowest BCUT2D eigenvalue weighted by Crippen LogP contribution is -2.30. The van der Waals surface area contributed by atoms with Gasteiger partial charge in [0.05, 0.1) is 6.26 Å². The van der Waals surface area contributed by atoms with E-state index >= 15 is 0 Å². The summed E-state index contributed by atoms with van der Waals surface area (Å²) in [6.45, 7) is -0.329. The maximum absolute atomic E-state index is 11.9. The lowest BCUT2D eigenvalue weighted by atomic mass is 10.2. The second kappa shape index (κ2) is 7.67. The van der Waals surface area contributed by atoms with Crippen LogP contribution >= 0.6 is 11.6 Å². The molecule has 0 aliphatic carbocycles. The second-order valence-corrected chi connectivity index (χ2v) is 5.45. The van der Waals surface area contributed by atoms with Crippen LogP contribution in [0.2, 0.25) is 5.02 Å². The smallest absolute Gasteiger partial charge is 0.325 e. The van der Waals surface area contributed by atoms with Gasteiger partial charge in [0.1, 0.15) is 18.8 Å². The van der Waals surface area contributed by atoms with Gasteiger partial charge in [0.2, 0.25) is 5.76 Å². The standard InChI is InChI=1S/C17H13ClN2O5/c18-12-5-3-11(4-6-12)17(22)19-9-16(21)24-10-13-8-15(25-20-13)14-2-1-7-23-14/h1-8H,9-10H2,(H,19,22). The van der Waals surface area contributed by atoms with Gasteiger partial charge in [-0.3, -0.25) is 9.59 Å². The minimum Gasteiger partial charge on any atom is -0.461 e. The zero-order valence-electron chi connectivity index (χ0n) is 12.9. The van der Waals surface area contributed by atoms with E-state index in [2.05, 4.69) is 10.5 Å². The summed E-state index contributed by atoms with van der Waals surface area (Å²) in [6, 6.07) is 11.4. The van der Waals surface area contributed by atoms with Gasteiger partial charge in [0.15, 0.2) is 5.76 Å². The number of nitrogens with zero attached hydrogens (tertiary/aromatic N) is 1. The normalized spacial score (nSPS) is 10.4. The molecule has 0 aliphatic heterocycles. The number of hydrogen-bond acceptors (Lipinski definition) is 6. The summed E-state index contributed by atoms with van der Waals surface area (Å²) in [5.74, 6) is -0.0209. The fourth-order valence-electron chi connectivity index (χ4n) is 1.98. The van der Waals surface area contributed by atoms with Gasteiger partial charge in [-0.2, -0.15) is 0 Å². The van der Waals surface area contributed by atoms with Crippen molar-refractivity contribution in [3.05, 3.63) is 65.0 Å². The zero-order chi connectivity index (χ0) is 17.6. The van der Waals surface area contributed by atoms with E-state index in [1.165, 1.54) is 6.26 Å². The van der Waals surface area contributed by atoms with Crippen LogP contribution in [0, 0.1) is 0 Å². The van der Waals surface area contributed by atoms with E-state index in [9.17, 15) is 9.59 Å². The third kappa shape index (κ3) is 4.48. The fraction of sp³-hybridized carbons (Fsp3) is 0.118. The topological polar surface area (TPSA) is 94.6 Å². The molecule has 0 radical (unpaired) electrons. The van der Waals surface area contributed by atoms with Crippen LogP contribution in [0.25, 0.3) is 11.5 Å². The first-order chi connectivity index (χ1) is 12.1. The number of rotatable bonds is 6. The molecule has 0 saturated heterocycles. The summed E-state index contributed by atoms with van der Waals surface area (Å²) in [5.41, 5.74) is 0.834. The molecule has 8 heteroatoms. The summed E-state index contributed by atoms with van der Waals surface area (Å²) in [5, 5.41) is 6.78. The third-order valence-electron chi connectivity index (χ3n) is 3.20. The van der Waals surface area contributed by atoms with E-state index in [1.54, 1.807) is 42.5 Å². The molecule has 1 amide bonds. The van der Waals surface area contributed by atoms with Crippen LogP contribution in [-0.4, -0.2) is 23.6 Å². The quantitative estimate of drug-likeness (QED) is 0.679. The molecule has 2 heterocycles. The number of nitrogens with one attached hydrogen (secondary N) is 1. The van der Waals surface area contributed by atoms with Crippen LogP contribution in [0.3, 0.4) is 0 Å². The van der Waals surface area contributed by atoms with Crippen molar-refractivity contribution in [1.82, 2.24) is 10.5 Å². The van der Waals surface area contributed by atoms with Crippen molar-refractivity contribution in [1.29, 1.82) is 0 Å². The van der Waals surface area contributed by atoms with Crippen molar-refractivity contribution in [2.75, 3.05) is 6.54 Å². The molecule has 0 bridgehead atoms. The molecule has 0 aliphatic rings. The monoisotopic (exact) mass is 360 g/mol. The number of ether oxygens (including phenoxy) is 1. The van der Waals surface area contributed by atoms with Gasteiger partial charge in [-0.15, -0.1) is 0 Å². The highest BCUT2D eigenvalue weighted by molar-refractivity contribution is 6.30. The molecule has 128 valence electrons. The highest BCUT2D eigenvalue weighted by Crippen LogP contribution is 2.20. The average Bonchev–Trinajstić information content (AvgIpc) is 3.29. The first kappa shape index (κ1) is 16.8. The molecule has 0 saturated carbocycles. The molecule has 1 aromatic carbocycles. The average molecular weight is 361 g/mol. The van der Waals surface area contributed by atoms with E-state index in [-0.39, 0.29) is 13.2 Å². The van der Waals surface area contributed by atoms with Crippen molar-refractivity contribution < 1.29 is 23.3 Å². The summed E-state index contributed by atoms with van der Waals surface area (Å²) >= 11 is 5.75. The minimum absolute atomic E-state index is 0.0696. The van der Waals surface area contributed by atoms with Crippen molar-refractivity contribution >= 4 is 23.5 Å². The lowest BCUT2D eigenvalue weighted by molar-refractivity contribution is -0.143. The molecule has 7 nitrogen and oxygen atoms in total. The minimum atomic E-state index is -0.593. The number of carbonyl (C=O) groups is 2. The van der Waals surface area contributed by atoms with Crippen molar-refractivity contribution in [3.63, 3.8) is 0 Å². The Morgan fingerprint density at radius 3 is 2.68 bits per heavy atom. The number of carbonyl (C=O) groups excluding carboxylic acids is 2. The molecule has 0 fully saturated rings. The van der Waals surface area contributed by atoms with Gasteiger partial charge < -0.3 is 19.0 Å². The molecular weight excluding hydrogens is 348 g/mol. The van der Waals surface area contributed by atoms with Crippen LogP contribution in [-0.2, 0) is 16.1 Å².